The van der Waals surface area contributed by atoms with E-state index in [4.69, 9.17) is 9.47 Å². The zero-order valence-corrected chi connectivity index (χ0v) is 19.1. The van der Waals surface area contributed by atoms with Crippen molar-refractivity contribution in [3.63, 3.8) is 0 Å². The molecule has 1 fully saturated rings. The Kier molecular flexibility index (Phi) is 11.7. The first-order valence-corrected chi connectivity index (χ1v) is 9.41. The van der Waals surface area contributed by atoms with Crippen LogP contribution < -0.4 is 15.4 Å². The van der Waals surface area contributed by atoms with Crippen LogP contribution in [-0.2, 0) is 10.9 Å². The Balaban J connectivity index is 0.00000420. The Hall–Kier alpha value is -1.27. The molecule has 1 saturated heterocycles. The van der Waals surface area contributed by atoms with Gasteiger partial charge in [-0.1, -0.05) is 12.1 Å². The van der Waals surface area contributed by atoms with Crippen molar-refractivity contribution < 1.29 is 22.6 Å². The van der Waals surface area contributed by atoms with E-state index < -0.39 is 11.7 Å². The van der Waals surface area contributed by atoms with Crippen LogP contribution in [0.1, 0.15) is 18.4 Å². The lowest BCUT2D eigenvalue weighted by atomic mass is 10.1. The highest BCUT2D eigenvalue weighted by Gasteiger charge is 2.33. The second kappa shape index (κ2) is 13.1. The number of methoxy groups -OCH3 is 1. The summed E-state index contributed by atoms with van der Waals surface area (Å²) in [5.41, 5.74) is -0.766. The number of hydrogen-bond acceptors (Lipinski definition) is 4. The molecule has 10 heteroatoms. The molecule has 0 atom stereocenters. The largest absolute Gasteiger partial charge is 0.491 e. The van der Waals surface area contributed by atoms with Crippen molar-refractivity contribution in [3.05, 3.63) is 29.8 Å². The molecule has 2 rings (SSSR count). The highest BCUT2D eigenvalue weighted by Crippen LogP contribution is 2.35. The molecule has 1 aliphatic rings. The quantitative estimate of drug-likeness (QED) is 0.234. The van der Waals surface area contributed by atoms with Crippen LogP contribution in [-0.4, -0.2) is 70.5 Å². The van der Waals surface area contributed by atoms with Gasteiger partial charge in [0, 0.05) is 39.8 Å². The Labute approximate surface area is 187 Å². The van der Waals surface area contributed by atoms with Gasteiger partial charge in [0.15, 0.2) is 5.96 Å². The maximum absolute atomic E-state index is 13.0. The second-order valence-corrected chi connectivity index (χ2v) is 6.59. The van der Waals surface area contributed by atoms with Crippen LogP contribution in [0.15, 0.2) is 29.3 Å². The third-order valence-electron chi connectivity index (χ3n) is 4.61. The Morgan fingerprint density at radius 1 is 1.21 bits per heavy atom. The number of likely N-dealkylation sites (tertiary alicyclic amines) is 1. The van der Waals surface area contributed by atoms with E-state index in [2.05, 4.69) is 20.5 Å². The summed E-state index contributed by atoms with van der Waals surface area (Å²) in [6.45, 7) is 4.11. The number of guanidine groups is 1. The molecular weight excluding hydrogens is 500 g/mol. The molecule has 0 bridgehead atoms. The Morgan fingerprint density at radius 3 is 2.52 bits per heavy atom. The lowest BCUT2D eigenvalue weighted by molar-refractivity contribution is -0.138. The highest BCUT2D eigenvalue weighted by molar-refractivity contribution is 14.0. The fraction of sp³-hybridized carbons (Fsp3) is 0.632. The number of halogens is 4. The number of hydrogen-bond donors (Lipinski definition) is 2. The van der Waals surface area contributed by atoms with E-state index in [1.54, 1.807) is 14.2 Å². The minimum absolute atomic E-state index is 0. The van der Waals surface area contributed by atoms with E-state index in [-0.39, 0.29) is 36.3 Å². The highest BCUT2D eigenvalue weighted by atomic mass is 127. The second-order valence-electron chi connectivity index (χ2n) is 6.59. The molecule has 0 spiro atoms. The van der Waals surface area contributed by atoms with Gasteiger partial charge in [-0.2, -0.15) is 13.2 Å². The van der Waals surface area contributed by atoms with Gasteiger partial charge in [0.05, 0.1) is 18.7 Å². The maximum atomic E-state index is 13.0. The van der Waals surface area contributed by atoms with Crippen molar-refractivity contribution in [3.8, 4) is 5.75 Å². The van der Waals surface area contributed by atoms with Crippen LogP contribution in [0.3, 0.4) is 0 Å². The smallest absolute Gasteiger partial charge is 0.419 e. The van der Waals surface area contributed by atoms with Crippen molar-refractivity contribution in [1.82, 2.24) is 15.5 Å². The molecule has 0 unspecified atom stereocenters. The lowest BCUT2D eigenvalue weighted by Gasteiger charge is -2.32. The fourth-order valence-electron chi connectivity index (χ4n) is 3.07. The van der Waals surface area contributed by atoms with Gasteiger partial charge in [0.2, 0.25) is 0 Å². The molecule has 0 radical (unpaired) electrons. The summed E-state index contributed by atoms with van der Waals surface area (Å²) in [5, 5.41) is 6.45. The zero-order chi connectivity index (χ0) is 20.4. The van der Waals surface area contributed by atoms with Gasteiger partial charge < -0.3 is 25.0 Å². The molecule has 0 aliphatic carbocycles. The topological polar surface area (TPSA) is 58.1 Å². The summed E-state index contributed by atoms with van der Waals surface area (Å²) in [5.74, 6) is 0.464. The average Bonchev–Trinajstić information content (AvgIpc) is 2.69. The number of ether oxygens (including phenoxy) is 2. The molecule has 1 aliphatic heterocycles. The van der Waals surface area contributed by atoms with Crippen LogP contribution in [0, 0.1) is 0 Å². The Bertz CT molecular complexity index is 624. The molecule has 1 aromatic rings. The van der Waals surface area contributed by atoms with Crippen LogP contribution >= 0.6 is 24.0 Å². The Morgan fingerprint density at radius 2 is 1.90 bits per heavy atom. The van der Waals surface area contributed by atoms with Gasteiger partial charge >= 0.3 is 6.18 Å². The van der Waals surface area contributed by atoms with Crippen molar-refractivity contribution >= 4 is 29.9 Å². The summed E-state index contributed by atoms with van der Waals surface area (Å²) in [6, 6.07) is 5.53. The summed E-state index contributed by atoms with van der Waals surface area (Å²) >= 11 is 0. The standard InChI is InChI=1S/C19H29F3N4O2.HI/c1-23-18(25-15-7-10-26(11-8-15)12-14-27-2)24-9-13-28-17-6-4-3-5-16(17)19(20,21)22;/h3-6,15H,7-14H2,1-2H3,(H2,23,24,25);1H. The number of para-hydroxylation sites is 1. The van der Waals surface area contributed by atoms with Crippen LogP contribution in [0.25, 0.3) is 0 Å². The molecule has 0 saturated carbocycles. The van der Waals surface area contributed by atoms with Crippen molar-refractivity contribution in [1.29, 1.82) is 0 Å². The molecule has 1 heterocycles. The predicted octanol–water partition coefficient (Wildman–Crippen LogP) is 2.98. The summed E-state index contributed by atoms with van der Waals surface area (Å²) in [4.78, 5) is 6.54. The first kappa shape index (κ1) is 25.8. The maximum Gasteiger partial charge on any atom is 0.419 e. The number of benzene rings is 1. The summed E-state index contributed by atoms with van der Waals surface area (Å²) in [6.07, 6.45) is -2.43. The molecule has 166 valence electrons. The van der Waals surface area contributed by atoms with Gasteiger partial charge in [0.1, 0.15) is 12.4 Å². The monoisotopic (exact) mass is 530 g/mol. The van der Waals surface area contributed by atoms with Crippen molar-refractivity contribution in [2.45, 2.75) is 25.1 Å². The SMILES string of the molecule is CN=C(NCCOc1ccccc1C(F)(F)F)NC1CCN(CCOC)CC1.I. The van der Waals surface area contributed by atoms with E-state index in [0.717, 1.165) is 45.1 Å². The lowest BCUT2D eigenvalue weighted by Crippen LogP contribution is -2.49. The first-order valence-electron chi connectivity index (χ1n) is 9.41. The van der Waals surface area contributed by atoms with Gasteiger partial charge in [-0.3, -0.25) is 4.99 Å². The average molecular weight is 530 g/mol. The predicted molar refractivity (Wildman–Crippen MR) is 118 cm³/mol. The summed E-state index contributed by atoms with van der Waals surface area (Å²) in [7, 11) is 3.37. The van der Waals surface area contributed by atoms with E-state index >= 15 is 0 Å². The molecule has 2 N–H and O–H groups in total. The fourth-order valence-corrected chi connectivity index (χ4v) is 3.07. The number of aliphatic imine (C=N–C) groups is 1. The van der Waals surface area contributed by atoms with Crippen molar-refractivity contribution in [2.24, 2.45) is 4.99 Å². The minimum Gasteiger partial charge on any atom is -0.491 e. The molecule has 0 amide bonds. The number of nitrogens with one attached hydrogen (secondary N) is 2. The van der Waals surface area contributed by atoms with E-state index in [1.807, 2.05) is 0 Å². The third kappa shape index (κ3) is 8.95. The number of alkyl halides is 3. The van der Waals surface area contributed by atoms with Gasteiger partial charge in [0.25, 0.3) is 0 Å². The number of piperidine rings is 1. The zero-order valence-electron chi connectivity index (χ0n) is 16.8. The van der Waals surface area contributed by atoms with Gasteiger partial charge in [-0.05, 0) is 25.0 Å². The van der Waals surface area contributed by atoms with E-state index in [1.165, 1.54) is 18.2 Å². The number of rotatable bonds is 8. The van der Waals surface area contributed by atoms with Gasteiger partial charge in [-0.15, -0.1) is 24.0 Å². The van der Waals surface area contributed by atoms with Crippen LogP contribution in [0.4, 0.5) is 13.2 Å². The molecule has 6 nitrogen and oxygen atoms in total. The van der Waals surface area contributed by atoms with Crippen LogP contribution in [0.5, 0.6) is 5.75 Å². The normalized spacial score (nSPS) is 16.2. The van der Waals surface area contributed by atoms with Crippen LogP contribution in [0.2, 0.25) is 0 Å². The minimum atomic E-state index is -4.43. The number of nitrogens with zero attached hydrogens (tertiary/aromatic N) is 2. The first-order chi connectivity index (χ1) is 13.4. The van der Waals surface area contributed by atoms with Gasteiger partial charge in [-0.25, -0.2) is 0 Å². The molecular formula is C19H30F3IN4O2. The van der Waals surface area contributed by atoms with E-state index in [0.29, 0.717) is 18.5 Å². The van der Waals surface area contributed by atoms with E-state index in [9.17, 15) is 13.2 Å². The molecule has 29 heavy (non-hydrogen) atoms. The molecule has 0 aromatic heterocycles. The van der Waals surface area contributed by atoms with Crippen molar-refractivity contribution in [2.75, 3.05) is 53.6 Å². The third-order valence-corrected chi connectivity index (χ3v) is 4.61. The summed E-state index contributed by atoms with van der Waals surface area (Å²) < 4.78 is 49.3. The molecule has 1 aromatic carbocycles.